The summed E-state index contributed by atoms with van der Waals surface area (Å²) < 4.78 is 10.1. The lowest BCUT2D eigenvalue weighted by Crippen LogP contribution is -2.37. The Hall–Kier alpha value is -3.62. The number of carbonyl (C=O) groups excluding carboxylic acids is 3. The molecule has 1 aromatic heterocycles. The molecule has 2 rings (SSSR count). The molecule has 0 bridgehead atoms. The normalized spacial score (nSPS) is 11.6. The van der Waals surface area contributed by atoms with E-state index < -0.39 is 29.5 Å². The average molecular weight is 386 g/mol. The van der Waals surface area contributed by atoms with Gasteiger partial charge >= 0.3 is 12.1 Å². The molecule has 4 N–H and O–H groups in total. The van der Waals surface area contributed by atoms with E-state index >= 15 is 0 Å². The van der Waals surface area contributed by atoms with Gasteiger partial charge in [0.2, 0.25) is 5.96 Å². The van der Waals surface area contributed by atoms with Gasteiger partial charge in [-0.15, -0.1) is 4.99 Å². The average Bonchev–Trinajstić information content (AvgIpc) is 3.10. The Morgan fingerprint density at radius 3 is 2.36 bits per heavy atom. The lowest BCUT2D eigenvalue weighted by atomic mass is 10.2. The van der Waals surface area contributed by atoms with Gasteiger partial charge in [-0.2, -0.15) is 0 Å². The summed E-state index contributed by atoms with van der Waals surface area (Å²) in [4.78, 5) is 41.8. The molecule has 1 heterocycles. The van der Waals surface area contributed by atoms with Crippen LogP contribution in [-0.4, -0.2) is 34.5 Å². The molecule has 0 saturated carbocycles. The smallest absolute Gasteiger partial charge is 0.437 e. The van der Waals surface area contributed by atoms with Crippen molar-refractivity contribution >= 4 is 23.9 Å². The second kappa shape index (κ2) is 8.85. The number of rotatable bonds is 4. The third kappa shape index (κ3) is 6.60. The van der Waals surface area contributed by atoms with Crippen LogP contribution in [0, 0.1) is 0 Å². The van der Waals surface area contributed by atoms with Crippen molar-refractivity contribution in [3.8, 4) is 0 Å². The fourth-order valence-electron chi connectivity index (χ4n) is 2.04. The number of nitrogens with two attached hydrogens (primary N) is 1. The van der Waals surface area contributed by atoms with Crippen LogP contribution in [0.4, 0.5) is 4.79 Å². The molecule has 0 aliphatic carbocycles. The maximum Gasteiger partial charge on any atom is 0.437 e. The van der Waals surface area contributed by atoms with Gasteiger partial charge in [0.05, 0.1) is 0 Å². The van der Waals surface area contributed by atoms with Gasteiger partial charge in [0.15, 0.2) is 0 Å². The Balaban J connectivity index is 1.90. The summed E-state index contributed by atoms with van der Waals surface area (Å²) in [5.74, 6) is -1.71. The van der Waals surface area contributed by atoms with Crippen molar-refractivity contribution in [3.05, 3.63) is 59.4 Å². The molecule has 0 radical (unpaired) electrons. The van der Waals surface area contributed by atoms with E-state index in [9.17, 15) is 14.4 Å². The van der Waals surface area contributed by atoms with Crippen molar-refractivity contribution in [1.29, 1.82) is 0 Å². The molecular weight excluding hydrogens is 364 g/mol. The van der Waals surface area contributed by atoms with E-state index in [0.717, 1.165) is 5.56 Å². The maximum atomic E-state index is 12.1. The van der Waals surface area contributed by atoms with Crippen LogP contribution < -0.4 is 11.1 Å². The SMILES string of the molecule is CC(C)(C)OC(=O)c1ccc(C(=O)N/C(N)=N/C(=O)OCc2ccccc2)[nH]1. The number of nitrogens with one attached hydrogen (secondary N) is 2. The van der Waals surface area contributed by atoms with Crippen LogP contribution in [0.3, 0.4) is 0 Å². The predicted octanol–water partition coefficient (Wildman–Crippen LogP) is 2.35. The van der Waals surface area contributed by atoms with Gasteiger partial charge in [-0.05, 0) is 38.5 Å². The first-order valence-corrected chi connectivity index (χ1v) is 8.42. The molecule has 0 saturated heterocycles. The molecule has 0 atom stereocenters. The van der Waals surface area contributed by atoms with Crippen molar-refractivity contribution in [2.45, 2.75) is 33.0 Å². The van der Waals surface area contributed by atoms with Gasteiger partial charge in [0.1, 0.15) is 23.6 Å². The molecule has 0 unspecified atom stereocenters. The molecule has 28 heavy (non-hydrogen) atoms. The number of hydrogen-bond acceptors (Lipinski definition) is 5. The summed E-state index contributed by atoms with van der Waals surface area (Å²) in [6, 6.07) is 11.8. The summed E-state index contributed by atoms with van der Waals surface area (Å²) in [7, 11) is 0. The Morgan fingerprint density at radius 1 is 1.07 bits per heavy atom. The number of guanidine groups is 1. The number of nitrogens with zero attached hydrogens (tertiary/aromatic N) is 1. The first-order chi connectivity index (χ1) is 13.1. The summed E-state index contributed by atoms with van der Waals surface area (Å²) in [5.41, 5.74) is 5.83. The third-order valence-corrected chi connectivity index (χ3v) is 3.21. The lowest BCUT2D eigenvalue weighted by Gasteiger charge is -2.18. The van der Waals surface area contributed by atoms with Crippen molar-refractivity contribution in [3.63, 3.8) is 0 Å². The fourth-order valence-corrected chi connectivity index (χ4v) is 2.04. The molecule has 0 aliphatic heterocycles. The van der Waals surface area contributed by atoms with Gasteiger partial charge in [-0.3, -0.25) is 10.1 Å². The van der Waals surface area contributed by atoms with Crippen LogP contribution in [0.2, 0.25) is 0 Å². The number of aliphatic imine (C=N–C) groups is 1. The Bertz CT molecular complexity index is 881. The number of esters is 1. The van der Waals surface area contributed by atoms with Crippen LogP contribution in [0.1, 0.15) is 47.3 Å². The van der Waals surface area contributed by atoms with E-state index in [1.54, 1.807) is 32.9 Å². The summed E-state index contributed by atoms with van der Waals surface area (Å²) >= 11 is 0. The van der Waals surface area contributed by atoms with Gasteiger partial charge in [-0.1, -0.05) is 30.3 Å². The standard InChI is InChI=1S/C19H22N4O5/c1-19(2,3)28-16(25)14-10-9-13(21-14)15(24)22-17(20)23-18(26)27-11-12-7-5-4-6-8-12/h4-10,21H,11H2,1-3H3,(H3,20,22,23,24,26). The molecule has 0 fully saturated rings. The molecule has 0 aliphatic rings. The zero-order valence-corrected chi connectivity index (χ0v) is 15.8. The second-order valence-corrected chi connectivity index (χ2v) is 6.78. The monoisotopic (exact) mass is 386 g/mol. The minimum absolute atomic E-state index is 0.0281. The number of carbonyl (C=O) groups is 3. The maximum absolute atomic E-state index is 12.1. The number of hydrogen-bond donors (Lipinski definition) is 3. The molecular formula is C19H22N4O5. The van der Waals surface area contributed by atoms with E-state index in [-0.39, 0.29) is 18.0 Å². The molecule has 148 valence electrons. The van der Waals surface area contributed by atoms with Crippen molar-refractivity contribution in [2.75, 3.05) is 0 Å². The third-order valence-electron chi connectivity index (χ3n) is 3.21. The predicted molar refractivity (Wildman–Crippen MR) is 102 cm³/mol. The van der Waals surface area contributed by atoms with E-state index in [2.05, 4.69) is 15.3 Å². The van der Waals surface area contributed by atoms with Gasteiger partial charge < -0.3 is 20.2 Å². The zero-order valence-electron chi connectivity index (χ0n) is 15.8. The highest BCUT2D eigenvalue weighted by Gasteiger charge is 2.20. The Kier molecular flexibility index (Phi) is 6.54. The summed E-state index contributed by atoms with van der Waals surface area (Å²) in [6.07, 6.45) is -0.942. The highest BCUT2D eigenvalue weighted by molar-refractivity contribution is 6.06. The van der Waals surface area contributed by atoms with Crippen molar-refractivity contribution < 1.29 is 23.9 Å². The van der Waals surface area contributed by atoms with Gasteiger partial charge in [0, 0.05) is 0 Å². The minimum Gasteiger partial charge on any atom is -0.455 e. The van der Waals surface area contributed by atoms with Crippen LogP contribution >= 0.6 is 0 Å². The first-order valence-electron chi connectivity index (χ1n) is 8.42. The van der Waals surface area contributed by atoms with Crippen LogP contribution in [0.5, 0.6) is 0 Å². The fraction of sp³-hybridized carbons (Fsp3) is 0.263. The van der Waals surface area contributed by atoms with Gasteiger partial charge in [0.25, 0.3) is 5.91 Å². The quantitative estimate of drug-likeness (QED) is 0.419. The summed E-state index contributed by atoms with van der Waals surface area (Å²) in [6.45, 7) is 5.22. The number of aromatic amines is 1. The lowest BCUT2D eigenvalue weighted by molar-refractivity contribution is 0.00635. The molecule has 9 heteroatoms. The van der Waals surface area contributed by atoms with E-state index in [0.29, 0.717) is 0 Å². The van der Waals surface area contributed by atoms with Crippen molar-refractivity contribution in [2.24, 2.45) is 10.7 Å². The number of amides is 2. The number of ether oxygens (including phenoxy) is 2. The summed E-state index contributed by atoms with van der Waals surface area (Å²) in [5, 5.41) is 2.23. The molecule has 9 nitrogen and oxygen atoms in total. The largest absolute Gasteiger partial charge is 0.455 e. The van der Waals surface area contributed by atoms with Crippen LogP contribution in [-0.2, 0) is 16.1 Å². The number of benzene rings is 1. The topological polar surface area (TPSA) is 136 Å². The number of aromatic nitrogens is 1. The molecule has 0 spiro atoms. The highest BCUT2D eigenvalue weighted by Crippen LogP contribution is 2.12. The number of H-pyrrole nitrogens is 1. The molecule has 2 aromatic rings. The van der Waals surface area contributed by atoms with E-state index in [1.165, 1.54) is 12.1 Å². The zero-order chi connectivity index (χ0) is 20.7. The van der Waals surface area contributed by atoms with Crippen molar-refractivity contribution in [1.82, 2.24) is 10.3 Å². The first kappa shape index (κ1) is 20.7. The molecule has 2 amide bonds. The minimum atomic E-state index is -0.942. The van der Waals surface area contributed by atoms with Gasteiger partial charge in [-0.25, -0.2) is 9.59 Å². The molecule has 1 aromatic carbocycles. The van der Waals surface area contributed by atoms with Crippen LogP contribution in [0.15, 0.2) is 47.5 Å². The van der Waals surface area contributed by atoms with Crippen LogP contribution in [0.25, 0.3) is 0 Å². The Morgan fingerprint density at radius 2 is 1.71 bits per heavy atom. The van der Waals surface area contributed by atoms with E-state index in [4.69, 9.17) is 15.2 Å². The van der Waals surface area contributed by atoms with E-state index in [1.807, 2.05) is 18.2 Å². The second-order valence-electron chi connectivity index (χ2n) is 6.78. The highest BCUT2D eigenvalue weighted by atomic mass is 16.6. The Labute approximate surface area is 161 Å².